The Balaban J connectivity index is 2.90. The Morgan fingerprint density at radius 3 is 2.60 bits per heavy atom. The summed E-state index contributed by atoms with van der Waals surface area (Å²) in [4.78, 5) is 0. The van der Waals surface area contributed by atoms with Gasteiger partial charge in [0, 0.05) is 5.03 Å². The van der Waals surface area contributed by atoms with Crippen LogP contribution in [0.25, 0.3) is 0 Å². The van der Waals surface area contributed by atoms with Crippen molar-refractivity contribution >= 4 is 11.6 Å². The van der Waals surface area contributed by atoms with Gasteiger partial charge in [0.05, 0.1) is 14.2 Å². The van der Waals surface area contributed by atoms with Crippen LogP contribution in [0.5, 0.6) is 11.5 Å². The maximum absolute atomic E-state index is 5.73. The van der Waals surface area contributed by atoms with Crippen LogP contribution < -0.4 is 9.47 Å². The molecule has 15 heavy (non-hydrogen) atoms. The fourth-order valence-corrected chi connectivity index (χ4v) is 1.52. The minimum absolute atomic E-state index is 0.653. The lowest BCUT2D eigenvalue weighted by Gasteiger charge is -2.11. The minimum atomic E-state index is 0.653. The number of aryl methyl sites for hydroxylation is 1. The van der Waals surface area contributed by atoms with Crippen LogP contribution in [0.3, 0.4) is 0 Å². The summed E-state index contributed by atoms with van der Waals surface area (Å²) in [5.41, 5.74) is 1.08. The monoisotopic (exact) mass is 226 g/mol. The number of methoxy groups -OCH3 is 2. The molecule has 3 heteroatoms. The van der Waals surface area contributed by atoms with Crippen molar-refractivity contribution < 1.29 is 9.47 Å². The van der Waals surface area contributed by atoms with Gasteiger partial charge in [0.15, 0.2) is 11.5 Å². The van der Waals surface area contributed by atoms with Gasteiger partial charge in [-0.05, 0) is 24.5 Å². The van der Waals surface area contributed by atoms with Crippen molar-refractivity contribution in [2.75, 3.05) is 14.2 Å². The van der Waals surface area contributed by atoms with E-state index in [1.54, 1.807) is 14.2 Å². The fourth-order valence-electron chi connectivity index (χ4n) is 1.42. The van der Waals surface area contributed by atoms with Crippen molar-refractivity contribution in [2.24, 2.45) is 0 Å². The number of allylic oxidation sites excluding steroid dienone is 1. The van der Waals surface area contributed by atoms with E-state index in [1.165, 1.54) is 0 Å². The van der Waals surface area contributed by atoms with Crippen LogP contribution in [0.1, 0.15) is 12.0 Å². The summed E-state index contributed by atoms with van der Waals surface area (Å²) in [7, 11) is 3.26. The molecule has 0 amide bonds. The number of benzene rings is 1. The van der Waals surface area contributed by atoms with Crippen molar-refractivity contribution in [3.05, 3.63) is 35.4 Å². The first-order valence-electron chi connectivity index (χ1n) is 4.72. The molecule has 0 bridgehead atoms. The summed E-state index contributed by atoms with van der Waals surface area (Å²) in [5.74, 6) is 1.52. The summed E-state index contributed by atoms with van der Waals surface area (Å²) in [6.45, 7) is 3.66. The van der Waals surface area contributed by atoms with Gasteiger partial charge in [-0.15, -0.1) is 0 Å². The van der Waals surface area contributed by atoms with E-state index >= 15 is 0 Å². The van der Waals surface area contributed by atoms with E-state index in [1.807, 2.05) is 18.2 Å². The molecule has 0 fully saturated rings. The van der Waals surface area contributed by atoms with Gasteiger partial charge in [-0.2, -0.15) is 0 Å². The molecule has 82 valence electrons. The van der Waals surface area contributed by atoms with Gasteiger partial charge in [0.25, 0.3) is 0 Å². The number of halogens is 1. The molecule has 1 rings (SSSR count). The topological polar surface area (TPSA) is 18.5 Å². The maximum Gasteiger partial charge on any atom is 0.163 e. The average molecular weight is 227 g/mol. The predicted octanol–water partition coefficient (Wildman–Crippen LogP) is 3.39. The highest BCUT2D eigenvalue weighted by Crippen LogP contribution is 2.31. The van der Waals surface area contributed by atoms with E-state index in [4.69, 9.17) is 21.1 Å². The number of para-hydroxylation sites is 1. The van der Waals surface area contributed by atoms with Gasteiger partial charge < -0.3 is 9.47 Å². The molecule has 1 aromatic carbocycles. The lowest BCUT2D eigenvalue weighted by atomic mass is 10.1. The van der Waals surface area contributed by atoms with E-state index in [0.717, 1.165) is 29.9 Å². The molecule has 0 heterocycles. The highest BCUT2D eigenvalue weighted by molar-refractivity contribution is 6.29. The third kappa shape index (κ3) is 3.17. The van der Waals surface area contributed by atoms with E-state index in [-0.39, 0.29) is 0 Å². The van der Waals surface area contributed by atoms with Crippen LogP contribution in [0.2, 0.25) is 0 Å². The first kappa shape index (κ1) is 11.9. The Hall–Kier alpha value is -1.15. The number of rotatable bonds is 5. The van der Waals surface area contributed by atoms with Crippen molar-refractivity contribution in [2.45, 2.75) is 12.8 Å². The Labute approximate surface area is 95.5 Å². The van der Waals surface area contributed by atoms with Crippen molar-refractivity contribution in [3.8, 4) is 11.5 Å². The summed E-state index contributed by atoms with van der Waals surface area (Å²) < 4.78 is 10.5. The molecular formula is C12H15ClO2. The normalized spacial score (nSPS) is 9.80. The Morgan fingerprint density at radius 1 is 1.33 bits per heavy atom. The second-order valence-electron chi connectivity index (χ2n) is 3.17. The molecule has 0 saturated heterocycles. The van der Waals surface area contributed by atoms with E-state index in [0.29, 0.717) is 5.03 Å². The zero-order chi connectivity index (χ0) is 11.3. The summed E-state index contributed by atoms with van der Waals surface area (Å²) in [6, 6.07) is 5.81. The average Bonchev–Trinajstić information content (AvgIpc) is 2.25. The van der Waals surface area contributed by atoms with Crippen LogP contribution in [-0.4, -0.2) is 14.2 Å². The third-order valence-electron chi connectivity index (χ3n) is 2.15. The molecule has 0 spiro atoms. The zero-order valence-corrected chi connectivity index (χ0v) is 9.80. The minimum Gasteiger partial charge on any atom is -0.493 e. The van der Waals surface area contributed by atoms with Crippen molar-refractivity contribution in [1.29, 1.82) is 0 Å². The van der Waals surface area contributed by atoms with Gasteiger partial charge in [0.2, 0.25) is 0 Å². The van der Waals surface area contributed by atoms with Crippen LogP contribution in [0, 0.1) is 0 Å². The summed E-state index contributed by atoms with van der Waals surface area (Å²) in [6.07, 6.45) is 1.55. The highest BCUT2D eigenvalue weighted by atomic mass is 35.5. The van der Waals surface area contributed by atoms with Gasteiger partial charge in [-0.1, -0.05) is 30.3 Å². The largest absolute Gasteiger partial charge is 0.493 e. The Morgan fingerprint density at radius 2 is 2.07 bits per heavy atom. The first-order chi connectivity index (χ1) is 7.19. The molecule has 0 N–H and O–H groups in total. The molecule has 2 nitrogen and oxygen atoms in total. The second kappa shape index (κ2) is 5.66. The summed E-state index contributed by atoms with van der Waals surface area (Å²) >= 11 is 5.73. The summed E-state index contributed by atoms with van der Waals surface area (Å²) in [5, 5.41) is 0.653. The molecule has 0 aromatic heterocycles. The van der Waals surface area contributed by atoms with Gasteiger partial charge in [-0.25, -0.2) is 0 Å². The molecule has 0 saturated carbocycles. The van der Waals surface area contributed by atoms with Crippen LogP contribution in [0.4, 0.5) is 0 Å². The van der Waals surface area contributed by atoms with Crippen LogP contribution in [0.15, 0.2) is 29.8 Å². The quantitative estimate of drug-likeness (QED) is 0.766. The van der Waals surface area contributed by atoms with Crippen LogP contribution >= 0.6 is 11.6 Å². The van der Waals surface area contributed by atoms with Gasteiger partial charge >= 0.3 is 0 Å². The molecule has 0 aliphatic rings. The number of hydrogen-bond donors (Lipinski definition) is 0. The first-order valence-corrected chi connectivity index (χ1v) is 5.10. The predicted molar refractivity (Wildman–Crippen MR) is 62.9 cm³/mol. The molecule has 0 aliphatic heterocycles. The molecule has 0 radical (unpaired) electrons. The lowest BCUT2D eigenvalue weighted by molar-refractivity contribution is 0.351. The van der Waals surface area contributed by atoms with Crippen molar-refractivity contribution in [3.63, 3.8) is 0 Å². The SMILES string of the molecule is C=C(Cl)CCc1cccc(OC)c1OC. The highest BCUT2D eigenvalue weighted by Gasteiger charge is 2.08. The molecular weight excluding hydrogens is 212 g/mol. The van der Waals surface area contributed by atoms with Gasteiger partial charge in [-0.3, -0.25) is 0 Å². The lowest BCUT2D eigenvalue weighted by Crippen LogP contribution is -1.96. The Bertz CT molecular complexity index is 347. The molecule has 0 atom stereocenters. The Kier molecular flexibility index (Phi) is 4.50. The molecule has 0 aliphatic carbocycles. The van der Waals surface area contributed by atoms with Crippen molar-refractivity contribution in [1.82, 2.24) is 0 Å². The zero-order valence-electron chi connectivity index (χ0n) is 9.05. The van der Waals surface area contributed by atoms with Crippen LogP contribution in [-0.2, 0) is 6.42 Å². The van der Waals surface area contributed by atoms with E-state index < -0.39 is 0 Å². The molecule has 0 unspecified atom stereocenters. The fraction of sp³-hybridized carbons (Fsp3) is 0.333. The smallest absolute Gasteiger partial charge is 0.163 e. The maximum atomic E-state index is 5.73. The van der Waals surface area contributed by atoms with E-state index in [2.05, 4.69) is 6.58 Å². The third-order valence-corrected chi connectivity index (χ3v) is 2.34. The number of hydrogen-bond acceptors (Lipinski definition) is 2. The second-order valence-corrected chi connectivity index (χ2v) is 3.70. The standard InChI is InChI=1S/C12H15ClO2/c1-9(13)7-8-10-5-4-6-11(14-2)12(10)15-3/h4-6H,1,7-8H2,2-3H3. The number of ether oxygens (including phenoxy) is 2. The van der Waals surface area contributed by atoms with E-state index in [9.17, 15) is 0 Å². The molecule has 1 aromatic rings. The van der Waals surface area contributed by atoms with Gasteiger partial charge in [0.1, 0.15) is 0 Å².